The zero-order chi connectivity index (χ0) is 0. The molecule has 1 nitrogen and oxygen atoms in total. The fourth-order valence-corrected chi connectivity index (χ4v) is 0. The van der Waals surface area contributed by atoms with Gasteiger partial charge in [0.1, 0.15) is 0 Å². The number of halogens is 3. The van der Waals surface area contributed by atoms with E-state index in [1.807, 2.05) is 0 Å². The van der Waals surface area contributed by atoms with Gasteiger partial charge in [0.15, 0.2) is 0 Å². The van der Waals surface area contributed by atoms with E-state index < -0.39 is 0 Å². The predicted octanol–water partition coefficient (Wildman–Crippen LogP) is -9.82. The van der Waals surface area contributed by atoms with Gasteiger partial charge in [-0.1, -0.05) is 0 Å². The molecule has 0 fully saturated rings. The van der Waals surface area contributed by atoms with Crippen molar-refractivity contribution in [1.82, 2.24) is 0 Å². The van der Waals surface area contributed by atoms with Gasteiger partial charge in [0.05, 0.1) is 0 Å². The van der Waals surface area contributed by atoms with Crippen LogP contribution in [0.3, 0.4) is 0 Å². The molecular weight excluding hydrogens is 301 g/mol. The third-order valence-corrected chi connectivity index (χ3v) is 0. The summed E-state index contributed by atoms with van der Waals surface area (Å²) >= 11 is 0. The summed E-state index contributed by atoms with van der Waals surface area (Å²) < 4.78 is 0. The molecule has 0 saturated carbocycles. The Kier molecular flexibility index (Phi) is 375. The van der Waals surface area contributed by atoms with Gasteiger partial charge in [-0.3, -0.25) is 0 Å². The fourth-order valence-electron chi connectivity index (χ4n) is 0. The van der Waals surface area contributed by atoms with Crippen molar-refractivity contribution in [3.8, 4) is 0 Å². The van der Waals surface area contributed by atoms with Crippen molar-refractivity contribution in [3.63, 3.8) is 0 Å². The summed E-state index contributed by atoms with van der Waals surface area (Å²) in [6.07, 6.45) is 0. The zero-order valence-electron chi connectivity index (χ0n) is 2.21. The molecular formula is H2Br3OSc. The van der Waals surface area contributed by atoms with E-state index in [1.165, 1.54) is 0 Å². The molecule has 0 atom stereocenters. The first kappa shape index (κ1) is 55.5. The monoisotopic (exact) mass is 300 g/mol. The van der Waals surface area contributed by atoms with Gasteiger partial charge >= 0.3 is 25.8 Å². The van der Waals surface area contributed by atoms with Crippen molar-refractivity contribution in [2.45, 2.75) is 0 Å². The Hall–Kier alpha value is 2.27. The van der Waals surface area contributed by atoms with Crippen LogP contribution in [-0.4, -0.2) is 5.48 Å². The Morgan fingerprint density at radius 1 is 0.600 bits per heavy atom. The molecule has 0 aromatic heterocycles. The molecule has 5 heavy (non-hydrogen) atoms. The summed E-state index contributed by atoms with van der Waals surface area (Å²) in [6, 6.07) is 0. The molecule has 0 spiro atoms. The molecule has 0 heterocycles. The molecule has 2 N–H and O–H groups in total. The van der Waals surface area contributed by atoms with Crippen LogP contribution in [0, 0.1) is 0 Å². The van der Waals surface area contributed by atoms with Gasteiger partial charge in [-0.25, -0.2) is 0 Å². The van der Waals surface area contributed by atoms with E-state index in [0.29, 0.717) is 0 Å². The quantitative estimate of drug-likeness (QED) is 0.426. The Labute approximate surface area is 81.3 Å². The molecule has 32 valence electrons. The Bertz CT molecular complexity index is 6.85. The third kappa shape index (κ3) is 22.2. The number of hydrogen-bond acceptors (Lipinski definition) is 0. The average Bonchev–Trinajstić information content (AvgIpc) is 0. The van der Waals surface area contributed by atoms with Gasteiger partial charge in [0.25, 0.3) is 0 Å². The summed E-state index contributed by atoms with van der Waals surface area (Å²) in [7, 11) is 0. The van der Waals surface area contributed by atoms with Crippen LogP contribution in [-0.2, 0) is 25.8 Å². The second kappa shape index (κ2) is 33.8. The van der Waals surface area contributed by atoms with Crippen molar-refractivity contribution in [2.75, 3.05) is 0 Å². The van der Waals surface area contributed by atoms with Crippen LogP contribution in [0.25, 0.3) is 0 Å². The first-order valence-corrected chi connectivity index (χ1v) is 0. The Morgan fingerprint density at radius 2 is 0.600 bits per heavy atom. The van der Waals surface area contributed by atoms with E-state index in [2.05, 4.69) is 0 Å². The average molecular weight is 303 g/mol. The second-order valence-corrected chi connectivity index (χ2v) is 0. The van der Waals surface area contributed by atoms with E-state index in [-0.39, 0.29) is 82.3 Å². The SMILES string of the molecule is O.[Br-].[Br-].[Br-].[Sc+3]. The maximum atomic E-state index is 0. The van der Waals surface area contributed by atoms with Crippen molar-refractivity contribution in [3.05, 3.63) is 0 Å². The van der Waals surface area contributed by atoms with E-state index in [4.69, 9.17) is 0 Å². The minimum absolute atomic E-state index is 0. The van der Waals surface area contributed by atoms with E-state index in [9.17, 15) is 0 Å². The summed E-state index contributed by atoms with van der Waals surface area (Å²) in [5, 5.41) is 0. The first-order chi connectivity index (χ1) is 0. The molecule has 0 aromatic carbocycles. The van der Waals surface area contributed by atoms with Crippen molar-refractivity contribution < 1.29 is 82.3 Å². The summed E-state index contributed by atoms with van der Waals surface area (Å²) in [5.41, 5.74) is 0. The summed E-state index contributed by atoms with van der Waals surface area (Å²) in [6.45, 7) is 0. The topological polar surface area (TPSA) is 31.5 Å². The molecule has 0 aliphatic heterocycles. The van der Waals surface area contributed by atoms with Crippen LogP contribution in [0.15, 0.2) is 0 Å². The van der Waals surface area contributed by atoms with Crippen LogP contribution in [0.2, 0.25) is 0 Å². The van der Waals surface area contributed by atoms with Crippen molar-refractivity contribution >= 4 is 0 Å². The van der Waals surface area contributed by atoms with Gasteiger partial charge < -0.3 is 56.4 Å². The number of hydrogen-bond donors (Lipinski definition) is 0. The zero-order valence-corrected chi connectivity index (χ0v) is 8.77. The minimum atomic E-state index is 0. The predicted molar refractivity (Wildman–Crippen MR) is 3.61 cm³/mol. The van der Waals surface area contributed by atoms with Gasteiger partial charge in [-0.2, -0.15) is 0 Å². The van der Waals surface area contributed by atoms with Gasteiger partial charge in [0, 0.05) is 0 Å². The normalized spacial score (nSPS) is 0. The maximum absolute atomic E-state index is 0. The molecule has 0 aliphatic carbocycles. The van der Waals surface area contributed by atoms with Gasteiger partial charge in [-0.15, -0.1) is 0 Å². The van der Waals surface area contributed by atoms with E-state index in [0.717, 1.165) is 0 Å². The Balaban J connectivity index is 0. The number of rotatable bonds is 0. The van der Waals surface area contributed by atoms with Crippen molar-refractivity contribution in [2.24, 2.45) is 0 Å². The molecule has 0 aromatic rings. The van der Waals surface area contributed by atoms with Gasteiger partial charge in [-0.05, 0) is 0 Å². The molecule has 0 rings (SSSR count). The maximum Gasteiger partial charge on any atom is 3.00 e. The molecule has 0 unspecified atom stereocenters. The van der Waals surface area contributed by atoms with Gasteiger partial charge in [0.2, 0.25) is 0 Å². The molecule has 0 bridgehead atoms. The summed E-state index contributed by atoms with van der Waals surface area (Å²) in [4.78, 5) is 0. The molecule has 0 aliphatic rings. The standard InChI is InChI=1S/3BrH.H2O.Sc/h3*1H;1H2;/q;;;;+3/p-3. The largest absolute Gasteiger partial charge is 3.00 e. The van der Waals surface area contributed by atoms with Crippen LogP contribution < -0.4 is 50.9 Å². The minimum Gasteiger partial charge on any atom is -1.00 e. The molecule has 0 radical (unpaired) electrons. The molecule has 0 saturated heterocycles. The summed E-state index contributed by atoms with van der Waals surface area (Å²) in [5.74, 6) is 0. The fraction of sp³-hybridized carbons (Fsp3) is 0. The van der Waals surface area contributed by atoms with E-state index >= 15 is 0 Å². The van der Waals surface area contributed by atoms with Crippen LogP contribution in [0.5, 0.6) is 0 Å². The smallest absolute Gasteiger partial charge is 1.00 e. The Morgan fingerprint density at radius 3 is 0.600 bits per heavy atom. The first-order valence-electron chi connectivity index (χ1n) is 0. The van der Waals surface area contributed by atoms with Crippen LogP contribution >= 0.6 is 0 Å². The van der Waals surface area contributed by atoms with Crippen LogP contribution in [0.1, 0.15) is 0 Å². The molecule has 5 heteroatoms. The third-order valence-electron chi connectivity index (χ3n) is 0. The second-order valence-electron chi connectivity index (χ2n) is 0. The van der Waals surface area contributed by atoms with Crippen LogP contribution in [0.4, 0.5) is 0 Å². The van der Waals surface area contributed by atoms with E-state index in [1.54, 1.807) is 0 Å². The van der Waals surface area contributed by atoms with Crippen molar-refractivity contribution in [1.29, 1.82) is 0 Å². The molecule has 0 amide bonds.